The highest BCUT2D eigenvalue weighted by Gasteiger charge is 2.30. The smallest absolute Gasteiger partial charge is 0.255 e. The van der Waals surface area contributed by atoms with Gasteiger partial charge in [0.2, 0.25) is 11.8 Å². The summed E-state index contributed by atoms with van der Waals surface area (Å²) in [6, 6.07) is 3.92. The highest BCUT2D eigenvalue weighted by Crippen LogP contribution is 2.33. The number of benzene rings is 1. The number of fused-ring (bicyclic) bond motifs is 1. The number of amides is 1. The van der Waals surface area contributed by atoms with Crippen LogP contribution < -0.4 is 15.8 Å². The van der Waals surface area contributed by atoms with E-state index in [0.717, 1.165) is 0 Å². The van der Waals surface area contributed by atoms with Crippen molar-refractivity contribution in [1.29, 1.82) is 0 Å². The highest BCUT2D eigenvalue weighted by atomic mass is 19.1. The molecule has 1 aliphatic heterocycles. The zero-order valence-corrected chi connectivity index (χ0v) is 15.9. The van der Waals surface area contributed by atoms with Gasteiger partial charge in [0.05, 0.1) is 47.7 Å². The highest BCUT2D eigenvalue weighted by molar-refractivity contribution is 5.98. The summed E-state index contributed by atoms with van der Waals surface area (Å²) in [6.45, 7) is 3.99. The molecule has 3 heterocycles. The third-order valence-electron chi connectivity index (χ3n) is 4.68. The summed E-state index contributed by atoms with van der Waals surface area (Å²) < 4.78 is 19.5. The van der Waals surface area contributed by atoms with Crippen molar-refractivity contribution in [3.05, 3.63) is 58.9 Å². The summed E-state index contributed by atoms with van der Waals surface area (Å²) in [5.74, 6) is -0.255. The van der Waals surface area contributed by atoms with Gasteiger partial charge < -0.3 is 15.8 Å². The lowest BCUT2D eigenvalue weighted by Crippen LogP contribution is -2.37. The number of nitrogens with zero attached hydrogens (tertiary/aromatic N) is 4. The van der Waals surface area contributed by atoms with E-state index in [0.29, 0.717) is 52.7 Å². The molecule has 0 radical (unpaired) electrons. The van der Waals surface area contributed by atoms with Crippen LogP contribution in [-0.4, -0.2) is 32.4 Å². The number of rotatable bonds is 4. The lowest BCUT2D eigenvalue weighted by molar-refractivity contribution is 0.0922. The van der Waals surface area contributed by atoms with Gasteiger partial charge in [0.15, 0.2) is 0 Å². The average molecular weight is 394 g/mol. The largest absolute Gasteiger partial charge is 0.477 e. The van der Waals surface area contributed by atoms with Crippen LogP contribution in [0.15, 0.2) is 30.6 Å². The molecule has 1 amide bonds. The van der Waals surface area contributed by atoms with Crippen LogP contribution in [-0.2, 0) is 6.42 Å². The number of nitrogen functional groups attached to an aromatic ring is 1. The zero-order valence-electron chi connectivity index (χ0n) is 15.9. The first-order chi connectivity index (χ1) is 14.0. The Balaban J connectivity index is 1.78. The molecule has 0 saturated heterocycles. The molecular weight excluding hydrogens is 375 g/mol. The number of carbonyl (C=O) groups excluding carboxylic acids is 1. The van der Waals surface area contributed by atoms with Gasteiger partial charge in [0.25, 0.3) is 5.91 Å². The lowest BCUT2D eigenvalue weighted by atomic mass is 9.90. The van der Waals surface area contributed by atoms with E-state index in [-0.39, 0.29) is 11.9 Å². The number of nitrogens with one attached hydrogen (secondary N) is 1. The molecule has 0 fully saturated rings. The summed E-state index contributed by atoms with van der Waals surface area (Å²) in [5.41, 5.74) is 8.95. The lowest BCUT2D eigenvalue weighted by Gasteiger charge is -2.27. The molecule has 8 nitrogen and oxygen atoms in total. The first-order valence-electron chi connectivity index (χ1n) is 9.14. The Morgan fingerprint density at radius 3 is 2.90 bits per heavy atom. The fourth-order valence-electron chi connectivity index (χ4n) is 3.51. The van der Waals surface area contributed by atoms with Crippen LogP contribution in [0.4, 0.5) is 10.3 Å². The Morgan fingerprint density at radius 2 is 2.10 bits per heavy atom. The minimum absolute atomic E-state index is 0.115. The number of anilines is 1. The molecule has 0 spiro atoms. The Bertz CT molecular complexity index is 1100. The van der Waals surface area contributed by atoms with Gasteiger partial charge >= 0.3 is 0 Å². The maximum atomic E-state index is 14.1. The van der Waals surface area contributed by atoms with Crippen LogP contribution in [0.25, 0.3) is 11.3 Å². The molecule has 3 N–H and O–H groups in total. The van der Waals surface area contributed by atoms with Gasteiger partial charge in [-0.3, -0.25) is 9.78 Å². The van der Waals surface area contributed by atoms with E-state index in [2.05, 4.69) is 25.3 Å². The van der Waals surface area contributed by atoms with Crippen LogP contribution in [0.5, 0.6) is 5.88 Å². The van der Waals surface area contributed by atoms with Crippen LogP contribution in [0.1, 0.15) is 40.3 Å². The minimum atomic E-state index is -0.433. The van der Waals surface area contributed by atoms with Crippen molar-refractivity contribution in [2.75, 3.05) is 12.3 Å². The first-order valence-corrected chi connectivity index (χ1v) is 9.14. The summed E-state index contributed by atoms with van der Waals surface area (Å²) in [6.07, 6.45) is 3.42. The van der Waals surface area contributed by atoms with Crippen LogP contribution in [0.3, 0.4) is 0 Å². The number of ether oxygens (including phenoxy) is 1. The third kappa shape index (κ3) is 3.58. The third-order valence-corrected chi connectivity index (χ3v) is 4.68. The molecule has 3 aromatic rings. The van der Waals surface area contributed by atoms with Crippen molar-refractivity contribution in [1.82, 2.24) is 25.3 Å². The zero-order chi connectivity index (χ0) is 20.5. The molecular formula is C20H19FN6O2. The molecule has 1 aromatic carbocycles. The van der Waals surface area contributed by atoms with Crippen molar-refractivity contribution in [2.24, 2.45) is 0 Å². The second-order valence-electron chi connectivity index (χ2n) is 6.63. The van der Waals surface area contributed by atoms with E-state index < -0.39 is 11.9 Å². The predicted octanol–water partition coefficient (Wildman–Crippen LogP) is 2.39. The van der Waals surface area contributed by atoms with Crippen molar-refractivity contribution in [3.63, 3.8) is 0 Å². The number of hydrogen-bond donors (Lipinski definition) is 2. The first kappa shape index (κ1) is 18.7. The maximum absolute atomic E-state index is 14.1. The van der Waals surface area contributed by atoms with Crippen LogP contribution in [0.2, 0.25) is 0 Å². The van der Waals surface area contributed by atoms with Gasteiger partial charge in [-0.1, -0.05) is 6.07 Å². The Kier molecular flexibility index (Phi) is 4.79. The molecule has 1 aliphatic rings. The Morgan fingerprint density at radius 1 is 1.28 bits per heavy atom. The van der Waals surface area contributed by atoms with E-state index in [1.54, 1.807) is 13.0 Å². The number of carbonyl (C=O) groups is 1. The maximum Gasteiger partial charge on any atom is 0.255 e. The predicted molar refractivity (Wildman–Crippen MR) is 104 cm³/mol. The molecule has 0 saturated carbocycles. The second kappa shape index (κ2) is 7.42. The summed E-state index contributed by atoms with van der Waals surface area (Å²) >= 11 is 0. The summed E-state index contributed by atoms with van der Waals surface area (Å²) in [4.78, 5) is 29.6. The van der Waals surface area contributed by atoms with E-state index in [1.807, 2.05) is 6.92 Å². The number of halogens is 1. The second-order valence-corrected chi connectivity index (χ2v) is 6.63. The van der Waals surface area contributed by atoms with Gasteiger partial charge in [0.1, 0.15) is 5.82 Å². The molecule has 0 aliphatic carbocycles. The number of aromatic nitrogens is 4. The minimum Gasteiger partial charge on any atom is -0.477 e. The van der Waals surface area contributed by atoms with Crippen molar-refractivity contribution >= 4 is 11.9 Å². The molecule has 1 atom stereocenters. The number of aryl methyl sites for hydroxylation is 1. The summed E-state index contributed by atoms with van der Waals surface area (Å²) in [7, 11) is 0. The monoisotopic (exact) mass is 394 g/mol. The van der Waals surface area contributed by atoms with Gasteiger partial charge in [-0.15, -0.1) is 0 Å². The normalized spacial score (nSPS) is 15.6. The fraction of sp³-hybridized carbons (Fsp3) is 0.250. The standard InChI is InChI=1S/C20H19FN6O2/c1-3-29-17-9-23-8-16(25-17)13-6-11(21)4-5-12(13)14-7-15-18(19(28)26-14)10(2)24-20(22)27-15/h4-6,8-9,14H,3,7H2,1-2H3,(H,26,28)(H2,22,24,27). The van der Waals surface area contributed by atoms with E-state index in [4.69, 9.17) is 10.5 Å². The van der Waals surface area contributed by atoms with Crippen molar-refractivity contribution < 1.29 is 13.9 Å². The molecule has 1 unspecified atom stereocenters. The molecule has 148 valence electrons. The van der Waals surface area contributed by atoms with E-state index >= 15 is 0 Å². The molecule has 0 bridgehead atoms. The summed E-state index contributed by atoms with van der Waals surface area (Å²) in [5, 5.41) is 2.96. The molecule has 9 heteroatoms. The topological polar surface area (TPSA) is 116 Å². The number of nitrogens with two attached hydrogens (primary N) is 1. The van der Waals surface area contributed by atoms with Gasteiger partial charge in [-0.2, -0.15) is 0 Å². The SMILES string of the molecule is CCOc1cncc(-c2cc(F)ccc2C2Cc3nc(N)nc(C)c3C(=O)N2)n1. The molecule has 2 aromatic heterocycles. The quantitative estimate of drug-likeness (QED) is 0.698. The van der Waals surface area contributed by atoms with Gasteiger partial charge in [0, 0.05) is 12.0 Å². The van der Waals surface area contributed by atoms with Gasteiger partial charge in [-0.25, -0.2) is 19.3 Å². The van der Waals surface area contributed by atoms with Crippen LogP contribution >= 0.6 is 0 Å². The fourth-order valence-corrected chi connectivity index (χ4v) is 3.51. The molecule has 4 rings (SSSR count). The average Bonchev–Trinajstić information content (AvgIpc) is 2.67. The Labute approximate surface area is 166 Å². The van der Waals surface area contributed by atoms with E-state index in [9.17, 15) is 9.18 Å². The van der Waals surface area contributed by atoms with Crippen molar-refractivity contribution in [3.8, 4) is 17.1 Å². The number of hydrogen-bond acceptors (Lipinski definition) is 7. The van der Waals surface area contributed by atoms with Gasteiger partial charge in [-0.05, 0) is 31.5 Å². The Hall–Kier alpha value is -3.62. The molecule has 29 heavy (non-hydrogen) atoms. The van der Waals surface area contributed by atoms with Crippen molar-refractivity contribution in [2.45, 2.75) is 26.3 Å². The van der Waals surface area contributed by atoms with Crippen LogP contribution in [0, 0.1) is 12.7 Å². The van der Waals surface area contributed by atoms with E-state index in [1.165, 1.54) is 24.5 Å².